The minimum atomic E-state index is -0.171. The second-order valence-electron chi connectivity index (χ2n) is 3.85. The predicted molar refractivity (Wildman–Crippen MR) is 53.5 cm³/mol. The maximum Gasteiger partial charge on any atom is 0.322 e. The lowest BCUT2D eigenvalue weighted by Gasteiger charge is -2.31. The van der Waals surface area contributed by atoms with E-state index in [9.17, 15) is 4.79 Å². The van der Waals surface area contributed by atoms with Crippen LogP contribution < -0.4 is 0 Å². The van der Waals surface area contributed by atoms with Gasteiger partial charge in [0.1, 0.15) is 6.04 Å². The van der Waals surface area contributed by atoms with Gasteiger partial charge in [-0.25, -0.2) is 0 Å². The Labute approximate surface area is 81.1 Å². The first-order valence-electron chi connectivity index (χ1n) is 4.71. The van der Waals surface area contributed by atoms with Crippen molar-refractivity contribution < 1.29 is 9.53 Å². The second-order valence-corrected chi connectivity index (χ2v) is 3.85. The molecule has 0 aromatic carbocycles. The first-order valence-corrected chi connectivity index (χ1v) is 4.71. The number of likely N-dealkylation sites (N-methyl/N-ethyl adjacent to an activating group) is 1. The van der Waals surface area contributed by atoms with Crippen molar-refractivity contribution in [2.45, 2.75) is 39.8 Å². The number of ether oxygens (including phenoxy) is 1. The van der Waals surface area contributed by atoms with Gasteiger partial charge in [-0.15, -0.1) is 0 Å². The van der Waals surface area contributed by atoms with E-state index in [-0.39, 0.29) is 12.0 Å². The minimum Gasteiger partial charge on any atom is -0.468 e. The van der Waals surface area contributed by atoms with Crippen molar-refractivity contribution in [3.8, 4) is 0 Å². The van der Waals surface area contributed by atoms with E-state index in [0.29, 0.717) is 12.0 Å². The lowest BCUT2D eigenvalue weighted by molar-refractivity contribution is -0.146. The van der Waals surface area contributed by atoms with Gasteiger partial charge in [-0.2, -0.15) is 0 Å². The molecular formula is C10H21NO2. The molecule has 2 atom stereocenters. The van der Waals surface area contributed by atoms with Gasteiger partial charge in [0, 0.05) is 6.04 Å². The highest BCUT2D eigenvalue weighted by Gasteiger charge is 2.24. The number of hydrogen-bond donors (Lipinski definition) is 0. The van der Waals surface area contributed by atoms with Crippen LogP contribution in [0.3, 0.4) is 0 Å². The van der Waals surface area contributed by atoms with E-state index in [0.717, 1.165) is 0 Å². The normalized spacial score (nSPS) is 16.0. The standard InChI is InChI=1S/C10H21NO2/c1-7(2)8(3)11(5)9(4)10(12)13-6/h7-9H,1-6H3. The minimum absolute atomic E-state index is 0.164. The molecule has 2 unspecified atom stereocenters. The molecule has 0 amide bonds. The van der Waals surface area contributed by atoms with Crippen LogP contribution in [-0.4, -0.2) is 37.1 Å². The summed E-state index contributed by atoms with van der Waals surface area (Å²) in [6, 6.07) is 0.219. The lowest BCUT2D eigenvalue weighted by atomic mass is 10.0. The van der Waals surface area contributed by atoms with Gasteiger partial charge < -0.3 is 4.74 Å². The summed E-state index contributed by atoms with van der Waals surface area (Å²) in [6.07, 6.45) is 0. The molecule has 13 heavy (non-hydrogen) atoms. The third kappa shape index (κ3) is 3.35. The van der Waals surface area contributed by atoms with Crippen LogP contribution in [0.2, 0.25) is 0 Å². The van der Waals surface area contributed by atoms with E-state index in [1.54, 1.807) is 0 Å². The Kier molecular flexibility index (Phi) is 4.99. The molecule has 0 heterocycles. The van der Waals surface area contributed by atoms with Gasteiger partial charge in [0.05, 0.1) is 7.11 Å². The number of nitrogens with zero attached hydrogens (tertiary/aromatic N) is 1. The van der Waals surface area contributed by atoms with Gasteiger partial charge in [0.25, 0.3) is 0 Å². The van der Waals surface area contributed by atoms with Crippen molar-refractivity contribution in [1.82, 2.24) is 4.90 Å². The molecule has 0 N–H and O–H groups in total. The van der Waals surface area contributed by atoms with Crippen LogP contribution >= 0.6 is 0 Å². The maximum atomic E-state index is 11.2. The van der Waals surface area contributed by atoms with Crippen molar-refractivity contribution in [3.63, 3.8) is 0 Å². The van der Waals surface area contributed by atoms with Gasteiger partial charge in [0.2, 0.25) is 0 Å². The van der Waals surface area contributed by atoms with Crippen LogP contribution in [0.15, 0.2) is 0 Å². The Morgan fingerprint density at radius 1 is 1.23 bits per heavy atom. The summed E-state index contributed by atoms with van der Waals surface area (Å²) in [7, 11) is 3.37. The molecule has 0 aliphatic rings. The fourth-order valence-electron chi connectivity index (χ4n) is 1.16. The summed E-state index contributed by atoms with van der Waals surface area (Å²) >= 11 is 0. The van der Waals surface area contributed by atoms with Crippen molar-refractivity contribution in [2.24, 2.45) is 5.92 Å². The van der Waals surface area contributed by atoms with Crippen LogP contribution in [-0.2, 0) is 9.53 Å². The van der Waals surface area contributed by atoms with Gasteiger partial charge in [-0.3, -0.25) is 9.69 Å². The summed E-state index contributed by atoms with van der Waals surface area (Å²) in [6.45, 7) is 8.27. The van der Waals surface area contributed by atoms with Crippen molar-refractivity contribution in [1.29, 1.82) is 0 Å². The molecule has 0 radical (unpaired) electrons. The van der Waals surface area contributed by atoms with Crippen LogP contribution in [0.4, 0.5) is 0 Å². The largest absolute Gasteiger partial charge is 0.468 e. The quantitative estimate of drug-likeness (QED) is 0.625. The van der Waals surface area contributed by atoms with Gasteiger partial charge in [-0.05, 0) is 26.8 Å². The lowest BCUT2D eigenvalue weighted by Crippen LogP contribution is -2.44. The van der Waals surface area contributed by atoms with E-state index in [4.69, 9.17) is 0 Å². The van der Waals surface area contributed by atoms with Crippen molar-refractivity contribution >= 4 is 5.97 Å². The zero-order valence-corrected chi connectivity index (χ0v) is 9.50. The van der Waals surface area contributed by atoms with E-state index >= 15 is 0 Å². The molecular weight excluding hydrogens is 166 g/mol. The SMILES string of the molecule is COC(=O)C(C)N(C)C(C)C(C)C. The fraction of sp³-hybridized carbons (Fsp3) is 0.900. The summed E-state index contributed by atoms with van der Waals surface area (Å²) < 4.78 is 4.68. The first-order chi connectivity index (χ1) is 5.91. The molecule has 0 saturated carbocycles. The molecule has 0 aromatic heterocycles. The van der Waals surface area contributed by atoms with E-state index in [1.165, 1.54) is 7.11 Å². The number of rotatable bonds is 4. The number of esters is 1. The topological polar surface area (TPSA) is 29.5 Å². The Balaban J connectivity index is 4.24. The van der Waals surface area contributed by atoms with Gasteiger partial charge in [0.15, 0.2) is 0 Å². The highest BCUT2D eigenvalue weighted by molar-refractivity contribution is 5.75. The third-order valence-electron chi connectivity index (χ3n) is 2.76. The number of methoxy groups -OCH3 is 1. The Morgan fingerprint density at radius 3 is 2.00 bits per heavy atom. The zero-order valence-electron chi connectivity index (χ0n) is 9.50. The summed E-state index contributed by atoms with van der Waals surface area (Å²) in [4.78, 5) is 13.3. The number of hydrogen-bond acceptors (Lipinski definition) is 3. The average molecular weight is 187 g/mol. The van der Waals surface area contributed by atoms with E-state index in [1.807, 2.05) is 18.9 Å². The molecule has 0 aliphatic heterocycles. The monoisotopic (exact) mass is 187 g/mol. The number of carbonyl (C=O) groups excluding carboxylic acids is 1. The molecule has 0 aliphatic carbocycles. The Bertz CT molecular complexity index is 168. The molecule has 0 spiro atoms. The highest BCUT2D eigenvalue weighted by Crippen LogP contribution is 2.11. The molecule has 0 fully saturated rings. The summed E-state index contributed by atoms with van der Waals surface area (Å²) in [5.74, 6) is 0.368. The zero-order chi connectivity index (χ0) is 10.6. The molecule has 0 rings (SSSR count). The smallest absolute Gasteiger partial charge is 0.322 e. The number of carbonyl (C=O) groups is 1. The third-order valence-corrected chi connectivity index (χ3v) is 2.76. The van der Waals surface area contributed by atoms with Crippen molar-refractivity contribution in [2.75, 3.05) is 14.2 Å². The Morgan fingerprint density at radius 2 is 1.69 bits per heavy atom. The molecule has 0 saturated heterocycles. The summed E-state index contributed by atoms with van der Waals surface area (Å²) in [5, 5.41) is 0. The van der Waals surface area contributed by atoms with Gasteiger partial charge in [-0.1, -0.05) is 13.8 Å². The first kappa shape index (κ1) is 12.4. The summed E-state index contributed by atoms with van der Waals surface area (Å²) in [5.41, 5.74) is 0. The van der Waals surface area contributed by atoms with Gasteiger partial charge >= 0.3 is 5.97 Å². The molecule has 78 valence electrons. The average Bonchev–Trinajstić information content (AvgIpc) is 2.12. The predicted octanol–water partition coefficient (Wildman–Crippen LogP) is 1.52. The molecule has 3 heteroatoms. The molecule has 0 aromatic rings. The van der Waals surface area contributed by atoms with Crippen molar-refractivity contribution in [3.05, 3.63) is 0 Å². The highest BCUT2D eigenvalue weighted by atomic mass is 16.5. The van der Waals surface area contributed by atoms with Crippen LogP contribution in [0.1, 0.15) is 27.7 Å². The van der Waals surface area contributed by atoms with E-state index in [2.05, 4.69) is 25.5 Å². The fourth-order valence-corrected chi connectivity index (χ4v) is 1.16. The maximum absolute atomic E-state index is 11.2. The second kappa shape index (κ2) is 5.22. The molecule has 3 nitrogen and oxygen atoms in total. The van der Waals surface area contributed by atoms with E-state index < -0.39 is 0 Å². The van der Waals surface area contributed by atoms with Crippen LogP contribution in [0.5, 0.6) is 0 Å². The molecule has 0 bridgehead atoms. The Hall–Kier alpha value is -0.570. The van der Waals surface area contributed by atoms with Crippen LogP contribution in [0.25, 0.3) is 0 Å². The van der Waals surface area contributed by atoms with Crippen LogP contribution in [0, 0.1) is 5.92 Å².